The van der Waals surface area contributed by atoms with Crippen LogP contribution >= 0.6 is 0 Å². The van der Waals surface area contributed by atoms with Gasteiger partial charge in [0.2, 0.25) is 0 Å². The van der Waals surface area contributed by atoms with Crippen molar-refractivity contribution in [2.45, 2.75) is 24.1 Å². The number of rotatable bonds is 2. The Balaban J connectivity index is 2.05. The molecule has 0 aromatic rings. The van der Waals surface area contributed by atoms with E-state index in [-0.39, 0.29) is 6.61 Å². The highest BCUT2D eigenvalue weighted by atomic mass is 17.4. The number of hydrogen-bond donors (Lipinski definition) is 3. The lowest BCUT2D eigenvalue weighted by atomic mass is 10.1. The third kappa shape index (κ3) is 1.05. The van der Waals surface area contributed by atoms with Crippen molar-refractivity contribution in [1.82, 2.24) is 0 Å². The molecule has 3 N–H and O–H groups in total. The Hall–Kier alpha value is -0.240. The zero-order valence-electron chi connectivity index (χ0n) is 6.21. The van der Waals surface area contributed by atoms with Crippen LogP contribution in [0.1, 0.15) is 0 Å². The summed E-state index contributed by atoms with van der Waals surface area (Å²) < 4.78 is 4.99. The van der Waals surface area contributed by atoms with Crippen molar-refractivity contribution in [3.63, 3.8) is 0 Å². The summed E-state index contributed by atoms with van der Waals surface area (Å²) in [7, 11) is 0. The van der Waals surface area contributed by atoms with E-state index in [1.54, 1.807) is 0 Å². The molecule has 0 aromatic carbocycles. The molecular weight excluding hydrogens is 168 g/mol. The molecular formula is C6H10O6. The molecule has 2 rings (SSSR count). The minimum atomic E-state index is -1.25. The van der Waals surface area contributed by atoms with Crippen LogP contribution in [0.15, 0.2) is 0 Å². The molecule has 12 heavy (non-hydrogen) atoms. The average Bonchev–Trinajstić information content (AvgIpc) is 2.79. The molecule has 6 heteroatoms. The van der Waals surface area contributed by atoms with Gasteiger partial charge in [0.05, 0.1) is 6.61 Å². The van der Waals surface area contributed by atoms with E-state index in [1.807, 2.05) is 0 Å². The number of ether oxygens (including phenoxy) is 1. The van der Waals surface area contributed by atoms with E-state index in [0.717, 1.165) is 0 Å². The first-order chi connectivity index (χ1) is 5.69. The summed E-state index contributed by atoms with van der Waals surface area (Å²) in [6, 6.07) is 0. The number of aliphatic hydroxyl groups is 3. The second kappa shape index (κ2) is 2.63. The topological polar surface area (TPSA) is 95.0 Å². The maximum atomic E-state index is 9.32. The van der Waals surface area contributed by atoms with E-state index >= 15 is 0 Å². The zero-order chi connectivity index (χ0) is 8.77. The molecule has 0 saturated carbocycles. The van der Waals surface area contributed by atoms with Gasteiger partial charge in [-0.15, -0.1) is 0 Å². The van der Waals surface area contributed by atoms with Crippen molar-refractivity contribution in [2.24, 2.45) is 0 Å². The average molecular weight is 178 g/mol. The summed E-state index contributed by atoms with van der Waals surface area (Å²) in [6.07, 6.45) is -2.82. The summed E-state index contributed by atoms with van der Waals surface area (Å²) in [5.74, 6) is -1.25. The molecule has 2 heterocycles. The Morgan fingerprint density at radius 3 is 2.33 bits per heavy atom. The van der Waals surface area contributed by atoms with Gasteiger partial charge < -0.3 is 20.1 Å². The van der Waals surface area contributed by atoms with E-state index in [1.165, 1.54) is 0 Å². The van der Waals surface area contributed by atoms with Crippen LogP contribution in [0, 0.1) is 0 Å². The van der Waals surface area contributed by atoms with Gasteiger partial charge in [0.25, 0.3) is 5.79 Å². The molecule has 6 nitrogen and oxygen atoms in total. The highest BCUT2D eigenvalue weighted by Gasteiger charge is 2.62. The monoisotopic (exact) mass is 178 g/mol. The maximum absolute atomic E-state index is 9.32. The Bertz CT molecular complexity index is 179. The summed E-state index contributed by atoms with van der Waals surface area (Å²) in [5, 5.41) is 27.2. The lowest BCUT2D eigenvalue weighted by molar-refractivity contribution is -0.0432. The quantitative estimate of drug-likeness (QED) is 0.327. The summed E-state index contributed by atoms with van der Waals surface area (Å²) >= 11 is 0. The Morgan fingerprint density at radius 2 is 2.00 bits per heavy atom. The van der Waals surface area contributed by atoms with Crippen molar-refractivity contribution in [3.8, 4) is 0 Å². The van der Waals surface area contributed by atoms with Crippen molar-refractivity contribution >= 4 is 0 Å². The predicted octanol–water partition coefficient (Wildman–Crippen LogP) is -2.24. The van der Waals surface area contributed by atoms with Crippen LogP contribution in [-0.2, 0) is 14.5 Å². The summed E-state index contributed by atoms with van der Waals surface area (Å²) in [5.41, 5.74) is 0. The molecule has 0 aliphatic carbocycles. The van der Waals surface area contributed by atoms with Crippen LogP contribution in [-0.4, -0.2) is 52.6 Å². The zero-order valence-corrected chi connectivity index (χ0v) is 6.21. The van der Waals surface area contributed by atoms with E-state index < -0.39 is 30.7 Å². The third-order valence-corrected chi connectivity index (χ3v) is 2.10. The largest absolute Gasteiger partial charge is 0.390 e. The van der Waals surface area contributed by atoms with Crippen molar-refractivity contribution < 1.29 is 29.8 Å². The highest BCUT2D eigenvalue weighted by Crippen LogP contribution is 2.39. The second-order valence-electron chi connectivity index (χ2n) is 2.95. The summed E-state index contributed by atoms with van der Waals surface area (Å²) in [4.78, 5) is 9.00. The SMILES string of the molecule is OCC1([C@H]2OC[C@H](O)[C@H]2O)OO1. The molecule has 3 atom stereocenters. The van der Waals surface area contributed by atoms with Gasteiger partial charge in [-0.05, 0) is 0 Å². The minimum Gasteiger partial charge on any atom is -0.390 e. The molecule has 70 valence electrons. The van der Waals surface area contributed by atoms with Gasteiger partial charge >= 0.3 is 0 Å². The highest BCUT2D eigenvalue weighted by molar-refractivity contribution is 4.96. The first-order valence-electron chi connectivity index (χ1n) is 3.65. The fourth-order valence-electron chi connectivity index (χ4n) is 1.28. The van der Waals surface area contributed by atoms with Crippen LogP contribution in [0.5, 0.6) is 0 Å². The number of aliphatic hydroxyl groups excluding tert-OH is 3. The molecule has 0 radical (unpaired) electrons. The van der Waals surface area contributed by atoms with Crippen molar-refractivity contribution in [2.75, 3.05) is 13.2 Å². The van der Waals surface area contributed by atoms with Crippen LogP contribution in [0.4, 0.5) is 0 Å². The molecule has 2 fully saturated rings. The second-order valence-corrected chi connectivity index (χ2v) is 2.95. The smallest absolute Gasteiger partial charge is 0.284 e. The Kier molecular flexibility index (Phi) is 1.83. The molecule has 0 unspecified atom stereocenters. The molecule has 0 amide bonds. The predicted molar refractivity (Wildman–Crippen MR) is 33.7 cm³/mol. The van der Waals surface area contributed by atoms with E-state index in [9.17, 15) is 5.11 Å². The lowest BCUT2D eigenvalue weighted by Gasteiger charge is -2.16. The van der Waals surface area contributed by atoms with Gasteiger partial charge in [0.15, 0.2) is 0 Å². The van der Waals surface area contributed by atoms with Crippen molar-refractivity contribution in [1.29, 1.82) is 0 Å². The minimum absolute atomic E-state index is 0.0281. The van der Waals surface area contributed by atoms with Crippen LogP contribution in [0.2, 0.25) is 0 Å². The van der Waals surface area contributed by atoms with Gasteiger partial charge in [0.1, 0.15) is 24.9 Å². The number of hydrogen-bond acceptors (Lipinski definition) is 6. The van der Waals surface area contributed by atoms with Gasteiger partial charge in [-0.2, -0.15) is 9.78 Å². The molecule has 0 bridgehead atoms. The van der Waals surface area contributed by atoms with Gasteiger partial charge in [0, 0.05) is 0 Å². The fourth-order valence-corrected chi connectivity index (χ4v) is 1.28. The lowest BCUT2D eigenvalue weighted by Crippen LogP contribution is -2.42. The molecule has 0 aromatic heterocycles. The van der Waals surface area contributed by atoms with Gasteiger partial charge in [-0.25, -0.2) is 0 Å². The molecule has 0 spiro atoms. The van der Waals surface area contributed by atoms with Crippen molar-refractivity contribution in [3.05, 3.63) is 0 Å². The van der Waals surface area contributed by atoms with Crippen LogP contribution in [0.25, 0.3) is 0 Å². The van der Waals surface area contributed by atoms with Gasteiger partial charge in [-0.3, -0.25) is 0 Å². The third-order valence-electron chi connectivity index (χ3n) is 2.10. The van der Waals surface area contributed by atoms with Gasteiger partial charge in [-0.1, -0.05) is 0 Å². The van der Waals surface area contributed by atoms with E-state index in [4.69, 9.17) is 14.9 Å². The standard InChI is InChI=1S/C6H10O6/c7-2-6(11-12-6)5-4(9)3(8)1-10-5/h3-5,7-9H,1-2H2/t3-,4+,5-/m0/s1. The Labute approximate surface area is 68.2 Å². The molecule has 2 aliphatic rings. The normalized spacial score (nSPS) is 44.8. The van der Waals surface area contributed by atoms with E-state index in [0.29, 0.717) is 0 Å². The summed E-state index contributed by atoms with van der Waals surface area (Å²) in [6.45, 7) is -0.373. The fraction of sp³-hybridized carbons (Fsp3) is 1.00. The Morgan fingerprint density at radius 1 is 1.33 bits per heavy atom. The van der Waals surface area contributed by atoms with E-state index in [2.05, 4.69) is 9.78 Å². The first-order valence-corrected chi connectivity index (χ1v) is 3.65. The maximum Gasteiger partial charge on any atom is 0.284 e. The van der Waals surface area contributed by atoms with Crippen LogP contribution < -0.4 is 0 Å². The molecule has 2 aliphatic heterocycles. The first kappa shape index (κ1) is 8.36. The molecule has 2 saturated heterocycles. The van der Waals surface area contributed by atoms with Crippen LogP contribution in [0.3, 0.4) is 0 Å².